The molecule has 27 heavy (non-hydrogen) atoms. The number of furan rings is 1. The van der Waals surface area contributed by atoms with Gasteiger partial charge in [0.25, 0.3) is 0 Å². The molecule has 1 aromatic carbocycles. The molecular formula is C19H27IN6O. The van der Waals surface area contributed by atoms with E-state index in [0.29, 0.717) is 6.54 Å². The minimum Gasteiger partial charge on any atom is -0.459 e. The highest BCUT2D eigenvalue weighted by molar-refractivity contribution is 14.0. The molecule has 0 saturated heterocycles. The number of para-hydroxylation sites is 1. The number of halogens is 1. The molecular weight excluding hydrogens is 455 g/mol. The predicted octanol–water partition coefficient (Wildman–Crippen LogP) is 3.49. The number of fused-ring (bicyclic) bond motifs is 1. The van der Waals surface area contributed by atoms with Crippen molar-refractivity contribution < 1.29 is 4.42 Å². The zero-order valence-electron chi connectivity index (χ0n) is 15.8. The zero-order chi connectivity index (χ0) is 18.2. The van der Waals surface area contributed by atoms with E-state index < -0.39 is 0 Å². The van der Waals surface area contributed by atoms with E-state index in [1.54, 1.807) is 12.7 Å². The fourth-order valence-electron chi connectivity index (χ4n) is 2.83. The SMILES string of the molecule is CCNC(=NCc1oc2ccccc2c1C)NCCCCn1cnnc1.I. The van der Waals surface area contributed by atoms with Gasteiger partial charge < -0.3 is 19.6 Å². The van der Waals surface area contributed by atoms with E-state index in [2.05, 4.69) is 45.7 Å². The molecule has 3 aromatic rings. The van der Waals surface area contributed by atoms with Gasteiger partial charge in [-0.1, -0.05) is 18.2 Å². The average Bonchev–Trinajstić information content (AvgIpc) is 3.28. The first-order chi connectivity index (χ1) is 12.8. The van der Waals surface area contributed by atoms with Crippen LogP contribution in [0.3, 0.4) is 0 Å². The van der Waals surface area contributed by atoms with Crippen molar-refractivity contribution in [3.05, 3.63) is 48.2 Å². The summed E-state index contributed by atoms with van der Waals surface area (Å²) in [7, 11) is 0. The average molecular weight is 482 g/mol. The Bertz CT molecular complexity index is 843. The summed E-state index contributed by atoms with van der Waals surface area (Å²) in [5.41, 5.74) is 2.08. The summed E-state index contributed by atoms with van der Waals surface area (Å²) in [5.74, 6) is 1.73. The van der Waals surface area contributed by atoms with Crippen LogP contribution in [0.15, 0.2) is 46.3 Å². The quantitative estimate of drug-likeness (QED) is 0.223. The molecule has 0 spiro atoms. The molecule has 0 unspecified atom stereocenters. The van der Waals surface area contributed by atoms with Crippen LogP contribution in [0.5, 0.6) is 0 Å². The van der Waals surface area contributed by atoms with Crippen LogP contribution in [0.25, 0.3) is 11.0 Å². The van der Waals surface area contributed by atoms with Gasteiger partial charge >= 0.3 is 0 Å². The zero-order valence-corrected chi connectivity index (χ0v) is 18.1. The maximum atomic E-state index is 5.93. The number of aromatic nitrogens is 3. The number of unbranched alkanes of at least 4 members (excludes halogenated alkanes) is 1. The minimum absolute atomic E-state index is 0. The summed E-state index contributed by atoms with van der Waals surface area (Å²) in [6, 6.07) is 8.10. The van der Waals surface area contributed by atoms with Gasteiger partial charge in [-0.15, -0.1) is 34.2 Å². The molecule has 0 amide bonds. The Hall–Kier alpha value is -2.10. The monoisotopic (exact) mass is 482 g/mol. The van der Waals surface area contributed by atoms with Crippen molar-refractivity contribution in [3.63, 3.8) is 0 Å². The summed E-state index contributed by atoms with van der Waals surface area (Å²) < 4.78 is 7.92. The molecule has 0 bridgehead atoms. The van der Waals surface area contributed by atoms with Gasteiger partial charge in [0.05, 0.1) is 0 Å². The van der Waals surface area contributed by atoms with Crippen molar-refractivity contribution in [3.8, 4) is 0 Å². The first kappa shape index (κ1) is 21.2. The van der Waals surface area contributed by atoms with Crippen LogP contribution in [-0.4, -0.2) is 33.8 Å². The van der Waals surface area contributed by atoms with E-state index in [0.717, 1.165) is 60.7 Å². The fourth-order valence-corrected chi connectivity index (χ4v) is 2.83. The predicted molar refractivity (Wildman–Crippen MR) is 118 cm³/mol. The molecule has 0 atom stereocenters. The molecule has 0 fully saturated rings. The van der Waals surface area contributed by atoms with Crippen LogP contribution in [-0.2, 0) is 13.1 Å². The van der Waals surface area contributed by atoms with Gasteiger partial charge in [-0.05, 0) is 32.8 Å². The number of aryl methyl sites for hydroxylation is 2. The second-order valence-electron chi connectivity index (χ2n) is 6.18. The van der Waals surface area contributed by atoms with Gasteiger partial charge in [0, 0.05) is 30.6 Å². The van der Waals surface area contributed by atoms with Gasteiger partial charge in [-0.3, -0.25) is 0 Å². The third-order valence-corrected chi connectivity index (χ3v) is 4.27. The Morgan fingerprint density at radius 2 is 1.93 bits per heavy atom. The first-order valence-corrected chi connectivity index (χ1v) is 9.09. The van der Waals surface area contributed by atoms with Crippen LogP contribution in [0.4, 0.5) is 0 Å². The third-order valence-electron chi connectivity index (χ3n) is 4.27. The molecule has 146 valence electrons. The number of rotatable bonds is 8. The van der Waals surface area contributed by atoms with Crippen LogP contribution in [0.2, 0.25) is 0 Å². The van der Waals surface area contributed by atoms with Crippen molar-refractivity contribution >= 4 is 40.9 Å². The van der Waals surface area contributed by atoms with Gasteiger partial charge in [-0.2, -0.15) is 0 Å². The van der Waals surface area contributed by atoms with Crippen LogP contribution < -0.4 is 10.6 Å². The highest BCUT2D eigenvalue weighted by Crippen LogP contribution is 2.25. The van der Waals surface area contributed by atoms with Crippen molar-refractivity contribution in [1.29, 1.82) is 0 Å². The molecule has 0 aliphatic rings. The maximum absolute atomic E-state index is 5.93. The van der Waals surface area contributed by atoms with Gasteiger partial charge in [-0.25, -0.2) is 4.99 Å². The van der Waals surface area contributed by atoms with Crippen LogP contribution >= 0.6 is 24.0 Å². The maximum Gasteiger partial charge on any atom is 0.191 e. The van der Waals surface area contributed by atoms with E-state index in [1.165, 1.54) is 0 Å². The lowest BCUT2D eigenvalue weighted by Gasteiger charge is -2.11. The fraction of sp³-hybridized carbons (Fsp3) is 0.421. The molecule has 0 aliphatic heterocycles. The summed E-state index contributed by atoms with van der Waals surface area (Å²) in [6.07, 6.45) is 5.60. The van der Waals surface area contributed by atoms with Crippen LogP contribution in [0.1, 0.15) is 31.1 Å². The normalized spacial score (nSPS) is 11.4. The summed E-state index contributed by atoms with van der Waals surface area (Å²) in [4.78, 5) is 4.66. The molecule has 0 aliphatic carbocycles. The topological polar surface area (TPSA) is 80.3 Å². The molecule has 2 N–H and O–H groups in total. The number of guanidine groups is 1. The molecule has 0 radical (unpaired) electrons. The summed E-state index contributed by atoms with van der Waals surface area (Å²) in [5, 5.41) is 15.4. The Morgan fingerprint density at radius 1 is 1.15 bits per heavy atom. The Morgan fingerprint density at radius 3 is 2.67 bits per heavy atom. The summed E-state index contributed by atoms with van der Waals surface area (Å²) in [6.45, 7) is 7.30. The number of aliphatic imine (C=N–C) groups is 1. The second-order valence-corrected chi connectivity index (χ2v) is 6.18. The van der Waals surface area contributed by atoms with Crippen molar-refractivity contribution in [2.75, 3.05) is 13.1 Å². The molecule has 7 nitrogen and oxygen atoms in total. The van der Waals surface area contributed by atoms with E-state index in [1.807, 2.05) is 22.8 Å². The molecule has 2 heterocycles. The smallest absolute Gasteiger partial charge is 0.191 e. The van der Waals surface area contributed by atoms with Crippen molar-refractivity contribution in [2.24, 2.45) is 4.99 Å². The van der Waals surface area contributed by atoms with Gasteiger partial charge in [0.1, 0.15) is 30.5 Å². The lowest BCUT2D eigenvalue weighted by molar-refractivity contribution is 0.547. The Balaban J connectivity index is 0.00000261. The lowest BCUT2D eigenvalue weighted by Crippen LogP contribution is -2.37. The molecule has 2 aromatic heterocycles. The Labute approximate surface area is 176 Å². The van der Waals surface area contributed by atoms with Gasteiger partial charge in [0.15, 0.2) is 5.96 Å². The molecule has 0 saturated carbocycles. The minimum atomic E-state index is 0. The van der Waals surface area contributed by atoms with E-state index >= 15 is 0 Å². The molecule has 3 rings (SSSR count). The third kappa shape index (κ3) is 5.95. The van der Waals surface area contributed by atoms with Gasteiger partial charge in [0.2, 0.25) is 0 Å². The second kappa shape index (κ2) is 10.9. The number of nitrogens with one attached hydrogen (secondary N) is 2. The van der Waals surface area contributed by atoms with E-state index in [9.17, 15) is 0 Å². The van der Waals surface area contributed by atoms with Crippen molar-refractivity contribution in [2.45, 2.75) is 39.8 Å². The lowest BCUT2D eigenvalue weighted by atomic mass is 10.1. The largest absolute Gasteiger partial charge is 0.459 e. The highest BCUT2D eigenvalue weighted by Gasteiger charge is 2.09. The van der Waals surface area contributed by atoms with E-state index in [4.69, 9.17) is 4.42 Å². The van der Waals surface area contributed by atoms with Crippen LogP contribution in [0, 0.1) is 6.92 Å². The van der Waals surface area contributed by atoms with E-state index in [-0.39, 0.29) is 24.0 Å². The number of hydrogen-bond donors (Lipinski definition) is 2. The summed E-state index contributed by atoms with van der Waals surface area (Å²) >= 11 is 0. The highest BCUT2D eigenvalue weighted by atomic mass is 127. The molecule has 8 heteroatoms. The van der Waals surface area contributed by atoms with Crippen molar-refractivity contribution in [1.82, 2.24) is 25.4 Å². The number of hydrogen-bond acceptors (Lipinski definition) is 4. The number of benzene rings is 1. The number of nitrogens with zero attached hydrogens (tertiary/aromatic N) is 4. The first-order valence-electron chi connectivity index (χ1n) is 9.09. The Kier molecular flexibility index (Phi) is 8.56. The standard InChI is InChI=1S/C19H26N6O.HI/c1-3-20-19(21-10-6-7-11-25-13-23-24-14-25)22-12-18-15(2)16-8-4-5-9-17(16)26-18;/h4-5,8-9,13-14H,3,6-7,10-12H2,1-2H3,(H2,20,21,22);1H.